The van der Waals surface area contributed by atoms with Crippen molar-refractivity contribution in [3.63, 3.8) is 0 Å². The van der Waals surface area contributed by atoms with E-state index in [9.17, 15) is 5.11 Å². The SMILES string of the molecule is C=C(C)c1cc2c3c(ccc2o1)C[C@H](c1ccc(OC)c(O)c1OC)CO3. The lowest BCUT2D eigenvalue weighted by Crippen LogP contribution is -2.20. The van der Waals surface area contributed by atoms with Gasteiger partial charge in [0.05, 0.1) is 26.2 Å². The lowest BCUT2D eigenvalue weighted by molar-refractivity contribution is 0.260. The number of ether oxygens (including phenoxy) is 3. The van der Waals surface area contributed by atoms with Gasteiger partial charge in [-0.2, -0.15) is 0 Å². The summed E-state index contributed by atoms with van der Waals surface area (Å²) < 4.78 is 22.6. The Bertz CT molecular complexity index is 1030. The highest BCUT2D eigenvalue weighted by Gasteiger charge is 2.28. The highest BCUT2D eigenvalue weighted by atomic mass is 16.5. The van der Waals surface area contributed by atoms with Crippen LogP contribution in [0, 0.1) is 0 Å². The van der Waals surface area contributed by atoms with Crippen LogP contribution in [0.3, 0.4) is 0 Å². The van der Waals surface area contributed by atoms with E-state index >= 15 is 0 Å². The molecule has 1 N–H and O–H groups in total. The predicted octanol–water partition coefficient (Wildman–Crippen LogP) is 4.91. The predicted molar refractivity (Wildman–Crippen MR) is 104 cm³/mol. The highest BCUT2D eigenvalue weighted by molar-refractivity contribution is 5.88. The summed E-state index contributed by atoms with van der Waals surface area (Å²) in [5.41, 5.74) is 3.68. The van der Waals surface area contributed by atoms with Crippen LogP contribution in [0.2, 0.25) is 0 Å². The molecule has 1 aromatic heterocycles. The summed E-state index contributed by atoms with van der Waals surface area (Å²) in [6, 6.07) is 9.66. The van der Waals surface area contributed by atoms with Crippen LogP contribution in [-0.4, -0.2) is 25.9 Å². The van der Waals surface area contributed by atoms with Crippen molar-refractivity contribution in [1.82, 2.24) is 0 Å². The van der Waals surface area contributed by atoms with Crippen molar-refractivity contribution in [3.05, 3.63) is 53.8 Å². The third-order valence-corrected chi connectivity index (χ3v) is 5.04. The number of hydrogen-bond donors (Lipinski definition) is 1. The molecule has 0 radical (unpaired) electrons. The molecule has 0 spiro atoms. The maximum atomic E-state index is 10.4. The van der Waals surface area contributed by atoms with E-state index in [1.165, 1.54) is 7.11 Å². The first-order chi connectivity index (χ1) is 13.0. The molecule has 5 nitrogen and oxygen atoms in total. The fourth-order valence-electron chi connectivity index (χ4n) is 3.65. The van der Waals surface area contributed by atoms with Gasteiger partial charge in [-0.05, 0) is 42.7 Å². The number of aromatic hydroxyl groups is 1. The molecule has 1 atom stereocenters. The average Bonchev–Trinajstić information content (AvgIpc) is 3.12. The molecule has 0 saturated carbocycles. The van der Waals surface area contributed by atoms with Gasteiger partial charge in [0, 0.05) is 11.5 Å². The van der Waals surface area contributed by atoms with Crippen LogP contribution < -0.4 is 14.2 Å². The number of phenolic OH excluding ortho intramolecular Hbond substituents is 1. The largest absolute Gasteiger partial charge is 0.502 e. The Kier molecular flexibility index (Phi) is 4.22. The normalized spacial score (nSPS) is 15.9. The van der Waals surface area contributed by atoms with E-state index in [1.54, 1.807) is 13.2 Å². The number of methoxy groups -OCH3 is 2. The van der Waals surface area contributed by atoms with E-state index in [1.807, 2.05) is 31.2 Å². The van der Waals surface area contributed by atoms with Crippen LogP contribution in [0.15, 0.2) is 41.3 Å². The van der Waals surface area contributed by atoms with Gasteiger partial charge in [0.1, 0.15) is 17.1 Å². The first-order valence-corrected chi connectivity index (χ1v) is 8.81. The summed E-state index contributed by atoms with van der Waals surface area (Å²) in [7, 11) is 3.06. The summed E-state index contributed by atoms with van der Waals surface area (Å²) in [6.45, 7) is 6.35. The van der Waals surface area contributed by atoms with Crippen LogP contribution >= 0.6 is 0 Å². The van der Waals surface area contributed by atoms with Crippen LogP contribution in [-0.2, 0) is 6.42 Å². The molecule has 1 aliphatic heterocycles. The van der Waals surface area contributed by atoms with Gasteiger partial charge in [-0.15, -0.1) is 0 Å². The van der Waals surface area contributed by atoms with Gasteiger partial charge in [0.15, 0.2) is 11.5 Å². The Morgan fingerprint density at radius 2 is 2.00 bits per heavy atom. The zero-order valence-electron chi connectivity index (χ0n) is 15.7. The Balaban J connectivity index is 1.73. The van der Waals surface area contributed by atoms with E-state index in [0.717, 1.165) is 45.6 Å². The smallest absolute Gasteiger partial charge is 0.201 e. The molecule has 0 bridgehead atoms. The van der Waals surface area contributed by atoms with Crippen molar-refractivity contribution in [2.24, 2.45) is 0 Å². The molecule has 0 saturated heterocycles. The molecule has 4 rings (SSSR count). The summed E-state index contributed by atoms with van der Waals surface area (Å²) in [5, 5.41) is 11.3. The number of allylic oxidation sites excluding steroid dienone is 1. The van der Waals surface area contributed by atoms with Crippen molar-refractivity contribution >= 4 is 16.5 Å². The molecule has 0 amide bonds. The number of furan rings is 1. The Morgan fingerprint density at radius 3 is 2.70 bits per heavy atom. The topological polar surface area (TPSA) is 61.1 Å². The van der Waals surface area contributed by atoms with Gasteiger partial charge in [0.2, 0.25) is 5.75 Å². The zero-order chi connectivity index (χ0) is 19.1. The van der Waals surface area contributed by atoms with Gasteiger partial charge in [0.25, 0.3) is 0 Å². The van der Waals surface area contributed by atoms with E-state index in [2.05, 4.69) is 6.58 Å². The standard InChI is InChI=1S/C22H22O5/c1-12(2)19-10-16-17(27-19)7-5-13-9-14(11-26-21(13)16)15-6-8-18(24-3)20(23)22(15)25-4/h5-8,10,14,23H,1,9,11H2,2-4H3/t14-/m0/s1. The van der Waals surface area contributed by atoms with Crippen LogP contribution in [0.4, 0.5) is 0 Å². The minimum Gasteiger partial charge on any atom is -0.502 e. The second-order valence-electron chi connectivity index (χ2n) is 6.81. The minimum absolute atomic E-state index is 0.0136. The lowest BCUT2D eigenvalue weighted by atomic mass is 9.89. The molecule has 2 aromatic carbocycles. The van der Waals surface area contributed by atoms with Crippen LogP contribution in [0.1, 0.15) is 29.7 Å². The molecule has 140 valence electrons. The molecular weight excluding hydrogens is 344 g/mol. The fourth-order valence-corrected chi connectivity index (χ4v) is 3.65. The highest BCUT2D eigenvalue weighted by Crippen LogP contribution is 2.45. The molecule has 5 heteroatoms. The minimum atomic E-state index is 0.0136. The number of phenols is 1. The number of hydrogen-bond acceptors (Lipinski definition) is 5. The van der Waals surface area contributed by atoms with Crippen molar-refractivity contribution < 1.29 is 23.7 Å². The van der Waals surface area contributed by atoms with E-state index in [-0.39, 0.29) is 11.7 Å². The third kappa shape index (κ3) is 2.79. The van der Waals surface area contributed by atoms with Crippen LogP contribution in [0.5, 0.6) is 23.0 Å². The van der Waals surface area contributed by atoms with Crippen molar-refractivity contribution in [3.8, 4) is 23.0 Å². The lowest BCUT2D eigenvalue weighted by Gasteiger charge is -2.27. The van der Waals surface area contributed by atoms with Gasteiger partial charge in [-0.3, -0.25) is 0 Å². The third-order valence-electron chi connectivity index (χ3n) is 5.04. The number of rotatable bonds is 4. The van der Waals surface area contributed by atoms with E-state index < -0.39 is 0 Å². The summed E-state index contributed by atoms with van der Waals surface area (Å²) in [5.74, 6) is 2.52. The van der Waals surface area contributed by atoms with E-state index in [4.69, 9.17) is 18.6 Å². The summed E-state index contributed by atoms with van der Waals surface area (Å²) in [4.78, 5) is 0. The molecule has 2 heterocycles. The maximum Gasteiger partial charge on any atom is 0.201 e. The van der Waals surface area contributed by atoms with Gasteiger partial charge < -0.3 is 23.7 Å². The van der Waals surface area contributed by atoms with E-state index in [0.29, 0.717) is 18.1 Å². The monoisotopic (exact) mass is 366 g/mol. The Hall–Kier alpha value is -3.08. The quantitative estimate of drug-likeness (QED) is 0.711. The Morgan fingerprint density at radius 1 is 1.19 bits per heavy atom. The van der Waals surface area contributed by atoms with Gasteiger partial charge >= 0.3 is 0 Å². The fraction of sp³-hybridized carbons (Fsp3) is 0.273. The molecule has 27 heavy (non-hydrogen) atoms. The molecule has 1 aliphatic rings. The molecule has 0 unspecified atom stereocenters. The zero-order valence-corrected chi connectivity index (χ0v) is 15.7. The van der Waals surface area contributed by atoms with Crippen molar-refractivity contribution in [2.75, 3.05) is 20.8 Å². The van der Waals surface area contributed by atoms with Gasteiger partial charge in [-0.25, -0.2) is 0 Å². The average molecular weight is 366 g/mol. The first-order valence-electron chi connectivity index (χ1n) is 8.81. The molecule has 0 fully saturated rings. The second-order valence-corrected chi connectivity index (χ2v) is 6.81. The molecule has 0 aliphatic carbocycles. The first kappa shape index (κ1) is 17.3. The number of benzene rings is 2. The summed E-state index contributed by atoms with van der Waals surface area (Å²) >= 11 is 0. The van der Waals surface area contributed by atoms with Crippen molar-refractivity contribution in [2.45, 2.75) is 19.3 Å². The maximum absolute atomic E-state index is 10.4. The number of fused-ring (bicyclic) bond motifs is 3. The summed E-state index contributed by atoms with van der Waals surface area (Å²) in [6.07, 6.45) is 0.779. The van der Waals surface area contributed by atoms with Crippen molar-refractivity contribution in [1.29, 1.82) is 0 Å². The second kappa shape index (κ2) is 6.58. The Labute approximate surface area is 157 Å². The molecular formula is C22H22O5. The molecule has 3 aromatic rings. The van der Waals surface area contributed by atoms with Gasteiger partial charge in [-0.1, -0.05) is 18.7 Å². The van der Waals surface area contributed by atoms with Crippen LogP contribution in [0.25, 0.3) is 16.5 Å².